The van der Waals surface area contributed by atoms with Crippen LogP contribution in [0.2, 0.25) is 5.02 Å². The van der Waals surface area contributed by atoms with Crippen LogP contribution >= 0.6 is 11.6 Å². The van der Waals surface area contributed by atoms with E-state index in [2.05, 4.69) is 17.3 Å². The number of aryl methyl sites for hydroxylation is 1. The van der Waals surface area contributed by atoms with E-state index in [4.69, 9.17) is 11.6 Å². The minimum absolute atomic E-state index is 0.0582. The number of benzene rings is 1. The number of halogens is 1. The molecule has 0 bridgehead atoms. The zero-order chi connectivity index (χ0) is 18.3. The number of hydrogen-bond donors (Lipinski definition) is 1. The Kier molecular flexibility index (Phi) is 4.28. The second kappa shape index (κ2) is 6.61. The van der Waals surface area contributed by atoms with Crippen LogP contribution in [0.3, 0.4) is 0 Å². The third-order valence-electron chi connectivity index (χ3n) is 4.79. The number of aromatic nitrogens is 3. The van der Waals surface area contributed by atoms with Crippen LogP contribution in [0.15, 0.2) is 41.5 Å². The molecule has 2 aromatic heterocycles. The summed E-state index contributed by atoms with van der Waals surface area (Å²) in [5.41, 5.74) is 3.04. The van der Waals surface area contributed by atoms with E-state index in [1.807, 2.05) is 0 Å². The Bertz CT molecular complexity index is 1050. The van der Waals surface area contributed by atoms with Gasteiger partial charge in [-0.25, -0.2) is 4.52 Å². The van der Waals surface area contributed by atoms with Crippen LogP contribution in [0, 0.1) is 5.92 Å². The first-order valence-corrected chi connectivity index (χ1v) is 9.04. The predicted octanol–water partition coefficient (Wildman–Crippen LogP) is 2.91. The van der Waals surface area contributed by atoms with Crippen molar-refractivity contribution in [2.75, 3.05) is 5.32 Å². The second-order valence-electron chi connectivity index (χ2n) is 6.86. The van der Waals surface area contributed by atoms with Gasteiger partial charge in [0.25, 0.3) is 5.56 Å². The lowest BCUT2D eigenvalue weighted by molar-refractivity contribution is -0.116. The van der Waals surface area contributed by atoms with Gasteiger partial charge in [-0.2, -0.15) is 5.10 Å². The third kappa shape index (κ3) is 3.12. The van der Waals surface area contributed by atoms with Crippen LogP contribution in [0.4, 0.5) is 5.69 Å². The predicted molar refractivity (Wildman–Crippen MR) is 101 cm³/mol. The Morgan fingerprint density at radius 3 is 3.04 bits per heavy atom. The van der Waals surface area contributed by atoms with Gasteiger partial charge in [0, 0.05) is 28.7 Å². The van der Waals surface area contributed by atoms with Gasteiger partial charge < -0.3 is 9.88 Å². The molecule has 134 valence electrons. The molecule has 26 heavy (non-hydrogen) atoms. The maximum Gasteiger partial charge on any atom is 0.277 e. The highest BCUT2D eigenvalue weighted by molar-refractivity contribution is 6.30. The van der Waals surface area contributed by atoms with Crippen LogP contribution < -0.4 is 10.9 Å². The molecule has 1 aliphatic rings. The molecule has 0 radical (unpaired) electrons. The molecule has 0 spiro atoms. The highest BCUT2D eigenvalue weighted by atomic mass is 35.5. The van der Waals surface area contributed by atoms with Crippen molar-refractivity contribution in [3.8, 4) is 0 Å². The van der Waals surface area contributed by atoms with E-state index in [0.29, 0.717) is 22.1 Å². The van der Waals surface area contributed by atoms with E-state index in [0.717, 1.165) is 30.5 Å². The summed E-state index contributed by atoms with van der Waals surface area (Å²) in [7, 11) is 0. The van der Waals surface area contributed by atoms with Crippen molar-refractivity contribution in [3.63, 3.8) is 0 Å². The quantitative estimate of drug-likeness (QED) is 0.770. The zero-order valence-electron chi connectivity index (χ0n) is 14.4. The maximum atomic E-state index is 12.9. The number of nitrogens with one attached hydrogen (secondary N) is 1. The SMILES string of the molecule is C[C@H]1CCc2nn3ccn(CC(=O)Nc4cccc(Cl)c4)c(=O)c3c2C1. The summed E-state index contributed by atoms with van der Waals surface area (Å²) in [5, 5.41) is 7.84. The Morgan fingerprint density at radius 1 is 1.38 bits per heavy atom. The van der Waals surface area contributed by atoms with Gasteiger partial charge in [0.1, 0.15) is 12.1 Å². The molecule has 1 N–H and O–H groups in total. The van der Waals surface area contributed by atoms with Crippen LogP contribution in [-0.4, -0.2) is 20.1 Å². The van der Waals surface area contributed by atoms with Gasteiger partial charge in [-0.3, -0.25) is 9.59 Å². The fraction of sp³-hybridized carbons (Fsp3) is 0.316. The molecule has 0 saturated heterocycles. The molecule has 7 heteroatoms. The fourth-order valence-corrected chi connectivity index (χ4v) is 3.68. The van der Waals surface area contributed by atoms with Crippen molar-refractivity contribution in [1.29, 1.82) is 0 Å². The summed E-state index contributed by atoms with van der Waals surface area (Å²) in [4.78, 5) is 25.2. The largest absolute Gasteiger partial charge is 0.324 e. The Balaban J connectivity index is 1.63. The van der Waals surface area contributed by atoms with Gasteiger partial charge in [0.05, 0.1) is 5.69 Å². The average molecular weight is 371 g/mol. The third-order valence-corrected chi connectivity index (χ3v) is 5.03. The lowest BCUT2D eigenvalue weighted by Gasteiger charge is -2.16. The van der Waals surface area contributed by atoms with Crippen LogP contribution in [-0.2, 0) is 24.2 Å². The first-order chi connectivity index (χ1) is 12.5. The molecule has 2 heterocycles. The van der Waals surface area contributed by atoms with Gasteiger partial charge in [0.15, 0.2) is 0 Å². The number of hydrogen-bond acceptors (Lipinski definition) is 3. The first-order valence-electron chi connectivity index (χ1n) is 8.66. The van der Waals surface area contributed by atoms with Crippen molar-refractivity contribution < 1.29 is 4.79 Å². The molecule has 1 aliphatic carbocycles. The van der Waals surface area contributed by atoms with E-state index in [1.54, 1.807) is 41.2 Å². The van der Waals surface area contributed by atoms with Gasteiger partial charge in [-0.05, 0) is 43.4 Å². The molecule has 0 unspecified atom stereocenters. The van der Waals surface area contributed by atoms with Crippen molar-refractivity contribution in [2.45, 2.75) is 32.7 Å². The maximum absolute atomic E-state index is 12.9. The Hall–Kier alpha value is -2.60. The molecular formula is C19H19ClN4O2. The number of nitrogens with zero attached hydrogens (tertiary/aromatic N) is 3. The summed E-state index contributed by atoms with van der Waals surface area (Å²) in [6.07, 6.45) is 6.19. The molecule has 1 aromatic carbocycles. The molecule has 1 amide bonds. The number of fused-ring (bicyclic) bond motifs is 3. The van der Waals surface area contributed by atoms with Crippen LogP contribution in [0.5, 0.6) is 0 Å². The number of anilines is 1. The normalized spacial score (nSPS) is 16.5. The topological polar surface area (TPSA) is 68.4 Å². The smallest absolute Gasteiger partial charge is 0.277 e. The Morgan fingerprint density at radius 2 is 2.23 bits per heavy atom. The highest BCUT2D eigenvalue weighted by Gasteiger charge is 2.23. The highest BCUT2D eigenvalue weighted by Crippen LogP contribution is 2.26. The monoisotopic (exact) mass is 370 g/mol. The summed E-state index contributed by atoms with van der Waals surface area (Å²) >= 11 is 5.93. The average Bonchev–Trinajstić information content (AvgIpc) is 2.96. The summed E-state index contributed by atoms with van der Waals surface area (Å²) in [5.74, 6) is 0.259. The number of rotatable bonds is 3. The van der Waals surface area contributed by atoms with Gasteiger partial charge >= 0.3 is 0 Å². The van der Waals surface area contributed by atoms with Crippen molar-refractivity contribution in [3.05, 3.63) is 63.3 Å². The molecule has 3 aromatic rings. The summed E-state index contributed by atoms with van der Waals surface area (Å²) in [6.45, 7) is 2.13. The second-order valence-corrected chi connectivity index (χ2v) is 7.29. The lowest BCUT2D eigenvalue weighted by Crippen LogP contribution is -2.28. The molecule has 0 saturated carbocycles. The standard InChI is InChI=1S/C19H19ClN4O2/c1-12-5-6-16-15(9-12)18-19(26)23(7-8-24(18)22-16)11-17(25)21-14-4-2-3-13(20)10-14/h2-4,7-8,10,12H,5-6,9,11H2,1H3,(H,21,25)/t12-/m0/s1. The lowest BCUT2D eigenvalue weighted by atomic mass is 9.88. The van der Waals surface area contributed by atoms with Crippen LogP contribution in [0.1, 0.15) is 24.6 Å². The first kappa shape index (κ1) is 16.8. The van der Waals surface area contributed by atoms with Gasteiger partial charge in [-0.15, -0.1) is 0 Å². The Labute approximate surface area is 155 Å². The summed E-state index contributed by atoms with van der Waals surface area (Å²) < 4.78 is 3.08. The number of carbonyl (C=O) groups excluding carboxylic acids is 1. The van der Waals surface area contributed by atoms with E-state index >= 15 is 0 Å². The fourth-order valence-electron chi connectivity index (χ4n) is 3.49. The van der Waals surface area contributed by atoms with Crippen molar-refractivity contribution in [2.24, 2.45) is 5.92 Å². The van der Waals surface area contributed by atoms with Crippen LogP contribution in [0.25, 0.3) is 5.52 Å². The van der Waals surface area contributed by atoms with Crippen molar-refractivity contribution >= 4 is 28.7 Å². The zero-order valence-corrected chi connectivity index (χ0v) is 15.2. The minimum Gasteiger partial charge on any atom is -0.324 e. The molecular weight excluding hydrogens is 352 g/mol. The minimum atomic E-state index is -0.277. The number of amides is 1. The van der Waals surface area contributed by atoms with Gasteiger partial charge in [0.2, 0.25) is 5.91 Å². The number of carbonyl (C=O) groups is 1. The molecule has 1 atom stereocenters. The molecule has 0 fully saturated rings. The molecule has 4 rings (SSSR count). The van der Waals surface area contributed by atoms with E-state index < -0.39 is 0 Å². The molecule has 6 nitrogen and oxygen atoms in total. The summed E-state index contributed by atoms with van der Waals surface area (Å²) in [6, 6.07) is 6.92. The molecule has 0 aliphatic heterocycles. The van der Waals surface area contributed by atoms with E-state index in [9.17, 15) is 9.59 Å². The van der Waals surface area contributed by atoms with E-state index in [-0.39, 0.29) is 18.0 Å². The van der Waals surface area contributed by atoms with E-state index in [1.165, 1.54) is 4.57 Å². The van der Waals surface area contributed by atoms with Crippen molar-refractivity contribution in [1.82, 2.24) is 14.2 Å². The van der Waals surface area contributed by atoms with Gasteiger partial charge in [-0.1, -0.05) is 24.6 Å².